The van der Waals surface area contributed by atoms with Gasteiger partial charge in [-0.25, -0.2) is 4.79 Å². The van der Waals surface area contributed by atoms with Crippen LogP contribution >= 0.6 is 0 Å². The van der Waals surface area contributed by atoms with Crippen LogP contribution in [0.15, 0.2) is 12.7 Å². The maximum Gasteiger partial charge on any atom is 0.407 e. The number of carbonyl (C=O) groups excluding carboxylic acids is 2. The number of rotatable bonds is 9. The van der Waals surface area contributed by atoms with Crippen LogP contribution in [0.2, 0.25) is 0 Å². The number of hydrogen-bond donors (Lipinski definition) is 2. The number of ketones is 1. The van der Waals surface area contributed by atoms with Gasteiger partial charge in [-0.1, -0.05) is 40.3 Å². The van der Waals surface area contributed by atoms with Crippen molar-refractivity contribution >= 4 is 11.9 Å². The molecule has 5 nitrogen and oxygen atoms in total. The van der Waals surface area contributed by atoms with E-state index in [0.717, 1.165) is 19.3 Å². The van der Waals surface area contributed by atoms with Crippen molar-refractivity contribution in [3.05, 3.63) is 12.7 Å². The minimum atomic E-state index is -0.429. The number of carbonyl (C=O) groups is 2. The summed E-state index contributed by atoms with van der Waals surface area (Å²) in [4.78, 5) is 22.1. The van der Waals surface area contributed by atoms with Crippen molar-refractivity contribution in [3.63, 3.8) is 0 Å². The molecule has 21 heavy (non-hydrogen) atoms. The average molecular weight is 302 g/mol. The first kappa shape index (κ1) is 24.6. The first-order chi connectivity index (χ1) is 10.1. The molecule has 0 aliphatic rings. The van der Waals surface area contributed by atoms with Crippen molar-refractivity contribution in [2.75, 3.05) is 20.2 Å². The molecule has 0 aromatic carbocycles. The summed E-state index contributed by atoms with van der Waals surface area (Å²) in [5.41, 5.74) is 0. The second-order valence-electron chi connectivity index (χ2n) is 3.76. The zero-order valence-corrected chi connectivity index (χ0v) is 14.6. The van der Waals surface area contributed by atoms with Crippen LogP contribution in [0.4, 0.5) is 4.79 Å². The van der Waals surface area contributed by atoms with Crippen LogP contribution in [0.25, 0.3) is 0 Å². The zero-order chi connectivity index (χ0) is 17.1. The third kappa shape index (κ3) is 18.6. The summed E-state index contributed by atoms with van der Waals surface area (Å²) in [7, 11) is 1.77. The average Bonchev–Trinajstić information content (AvgIpc) is 2.52. The predicted octanol–water partition coefficient (Wildman–Crippen LogP) is 3.30. The third-order valence-corrected chi connectivity index (χ3v) is 2.36. The third-order valence-electron chi connectivity index (χ3n) is 2.36. The molecule has 0 heterocycles. The predicted molar refractivity (Wildman–Crippen MR) is 89.6 cm³/mol. The number of ether oxygens (including phenoxy) is 1. The molecule has 0 fully saturated rings. The van der Waals surface area contributed by atoms with Gasteiger partial charge in [0.25, 0.3) is 0 Å². The van der Waals surface area contributed by atoms with E-state index in [4.69, 9.17) is 4.74 Å². The van der Waals surface area contributed by atoms with Crippen LogP contribution in [0.3, 0.4) is 0 Å². The van der Waals surface area contributed by atoms with E-state index in [9.17, 15) is 9.59 Å². The van der Waals surface area contributed by atoms with Crippen molar-refractivity contribution in [2.45, 2.75) is 59.9 Å². The SMILES string of the molecule is C=CCOC(=O)NCCCCC(NC)C(C)=O.CC.CC. The van der Waals surface area contributed by atoms with E-state index in [-0.39, 0.29) is 18.4 Å². The van der Waals surface area contributed by atoms with E-state index in [1.165, 1.54) is 6.08 Å². The molecule has 0 spiro atoms. The lowest BCUT2D eigenvalue weighted by molar-refractivity contribution is -0.119. The van der Waals surface area contributed by atoms with Crippen LogP contribution in [0.5, 0.6) is 0 Å². The van der Waals surface area contributed by atoms with Gasteiger partial charge in [0.05, 0.1) is 6.04 Å². The zero-order valence-electron chi connectivity index (χ0n) is 14.6. The maximum absolute atomic E-state index is 11.1. The molecule has 126 valence electrons. The van der Waals surface area contributed by atoms with Crippen molar-refractivity contribution in [2.24, 2.45) is 0 Å². The molecule has 0 bridgehead atoms. The Morgan fingerprint density at radius 3 is 2.19 bits per heavy atom. The number of nitrogens with one attached hydrogen (secondary N) is 2. The molecule has 0 saturated carbocycles. The van der Waals surface area contributed by atoms with E-state index in [2.05, 4.69) is 17.2 Å². The Kier molecular flexibility index (Phi) is 24.6. The molecular formula is C16H34N2O3. The van der Waals surface area contributed by atoms with Crippen LogP contribution in [0.1, 0.15) is 53.9 Å². The van der Waals surface area contributed by atoms with Crippen molar-refractivity contribution < 1.29 is 14.3 Å². The summed E-state index contributed by atoms with van der Waals surface area (Å²) >= 11 is 0. The molecule has 0 rings (SSSR count). The standard InChI is InChI=1S/C12H22N2O3.2C2H6/c1-4-9-17-12(16)14-8-6-5-7-11(13-3)10(2)15;2*1-2/h4,11,13H,1,5-9H2,2-3H3,(H,14,16);2*1-2H3. The number of Topliss-reactive ketones (excluding diaryl/α,β-unsaturated/α-hetero) is 1. The van der Waals surface area contributed by atoms with Crippen molar-refractivity contribution in [1.82, 2.24) is 10.6 Å². The van der Waals surface area contributed by atoms with Gasteiger partial charge in [-0.2, -0.15) is 0 Å². The summed E-state index contributed by atoms with van der Waals surface area (Å²) < 4.78 is 4.74. The van der Waals surface area contributed by atoms with E-state index < -0.39 is 6.09 Å². The van der Waals surface area contributed by atoms with Gasteiger partial charge in [0, 0.05) is 6.54 Å². The van der Waals surface area contributed by atoms with Crippen molar-refractivity contribution in [3.8, 4) is 0 Å². The largest absolute Gasteiger partial charge is 0.445 e. The Morgan fingerprint density at radius 2 is 1.76 bits per heavy atom. The van der Waals surface area contributed by atoms with Gasteiger partial charge < -0.3 is 15.4 Å². The van der Waals surface area contributed by atoms with Gasteiger partial charge in [-0.15, -0.1) is 0 Å². The Balaban J connectivity index is -0.000000739. The Bertz CT molecular complexity index is 256. The lowest BCUT2D eigenvalue weighted by atomic mass is 10.1. The first-order valence-electron chi connectivity index (χ1n) is 7.81. The summed E-state index contributed by atoms with van der Waals surface area (Å²) in [6.45, 7) is 13.8. The summed E-state index contributed by atoms with van der Waals surface area (Å²) in [6.07, 6.45) is 3.59. The van der Waals surface area contributed by atoms with Gasteiger partial charge in [-0.05, 0) is 33.2 Å². The van der Waals surface area contributed by atoms with Crippen LogP contribution in [0, 0.1) is 0 Å². The molecule has 0 saturated heterocycles. The minimum Gasteiger partial charge on any atom is -0.445 e. The summed E-state index contributed by atoms with van der Waals surface area (Å²) in [5, 5.41) is 5.58. The molecule has 5 heteroatoms. The van der Waals surface area contributed by atoms with E-state index >= 15 is 0 Å². The molecule has 0 aromatic rings. The second kappa shape index (κ2) is 20.9. The van der Waals surface area contributed by atoms with Gasteiger partial charge in [0.2, 0.25) is 0 Å². The number of alkyl carbamates (subject to hydrolysis) is 1. The quantitative estimate of drug-likeness (QED) is 0.506. The van der Waals surface area contributed by atoms with Crippen LogP contribution in [-0.2, 0) is 9.53 Å². The van der Waals surface area contributed by atoms with Crippen LogP contribution < -0.4 is 10.6 Å². The first-order valence-corrected chi connectivity index (χ1v) is 7.81. The van der Waals surface area contributed by atoms with Gasteiger partial charge in [0.15, 0.2) is 0 Å². The number of likely N-dealkylation sites (N-methyl/N-ethyl adjacent to an activating group) is 1. The lowest BCUT2D eigenvalue weighted by Gasteiger charge is -2.12. The Morgan fingerprint density at radius 1 is 1.19 bits per heavy atom. The highest BCUT2D eigenvalue weighted by Crippen LogP contribution is 2.01. The summed E-state index contributed by atoms with van der Waals surface area (Å²) in [5.74, 6) is 0.144. The monoisotopic (exact) mass is 302 g/mol. The summed E-state index contributed by atoms with van der Waals surface area (Å²) in [6, 6.07) is -0.0808. The minimum absolute atomic E-state index is 0.0808. The van der Waals surface area contributed by atoms with Crippen molar-refractivity contribution in [1.29, 1.82) is 0 Å². The lowest BCUT2D eigenvalue weighted by Crippen LogP contribution is -2.32. The molecule has 2 N–H and O–H groups in total. The molecule has 0 aromatic heterocycles. The number of amides is 1. The highest BCUT2D eigenvalue weighted by molar-refractivity contribution is 5.81. The topological polar surface area (TPSA) is 67.4 Å². The second-order valence-corrected chi connectivity index (χ2v) is 3.76. The highest BCUT2D eigenvalue weighted by Gasteiger charge is 2.10. The van der Waals surface area contributed by atoms with E-state index in [1.807, 2.05) is 27.7 Å². The molecular weight excluding hydrogens is 268 g/mol. The van der Waals surface area contributed by atoms with E-state index in [0.29, 0.717) is 6.54 Å². The van der Waals surface area contributed by atoms with Gasteiger partial charge in [-0.3, -0.25) is 4.79 Å². The molecule has 0 aliphatic heterocycles. The molecule has 1 unspecified atom stereocenters. The van der Waals surface area contributed by atoms with E-state index in [1.54, 1.807) is 14.0 Å². The number of hydrogen-bond acceptors (Lipinski definition) is 4. The molecule has 1 amide bonds. The smallest absolute Gasteiger partial charge is 0.407 e. The van der Waals surface area contributed by atoms with Crippen LogP contribution in [-0.4, -0.2) is 38.1 Å². The van der Waals surface area contributed by atoms with Gasteiger partial charge in [0.1, 0.15) is 12.4 Å². The normalized spacial score (nSPS) is 10.0. The molecule has 0 aliphatic carbocycles. The highest BCUT2D eigenvalue weighted by atomic mass is 16.5. The fourth-order valence-corrected chi connectivity index (χ4v) is 1.40. The maximum atomic E-state index is 11.1. The number of unbranched alkanes of at least 4 members (excludes halogenated alkanes) is 1. The Labute approximate surface area is 130 Å². The molecule has 1 atom stereocenters. The Hall–Kier alpha value is -1.36. The fourth-order valence-electron chi connectivity index (χ4n) is 1.40. The molecule has 0 radical (unpaired) electrons. The fraction of sp³-hybridized carbons (Fsp3) is 0.750. The van der Waals surface area contributed by atoms with Gasteiger partial charge >= 0.3 is 6.09 Å².